The molecule has 1 aromatic carbocycles. The second kappa shape index (κ2) is 5.75. The molecular weight excluding hydrogens is 245 g/mol. The Morgan fingerprint density at radius 1 is 1.47 bits per heavy atom. The molecule has 1 aliphatic rings. The summed E-state index contributed by atoms with van der Waals surface area (Å²) in [5.74, 6) is 0.545. The Hall–Kier alpha value is -1.33. The lowest BCUT2D eigenvalue weighted by Crippen LogP contribution is -2.57. The SMILES string of the molecule is C[C@H](N)c1ccc(N2CC(N(C)C)C2)cc1OCF. The van der Waals surface area contributed by atoms with Gasteiger partial charge in [-0.05, 0) is 27.1 Å². The first-order valence-electron chi connectivity index (χ1n) is 6.52. The van der Waals surface area contributed by atoms with E-state index in [1.165, 1.54) is 0 Å². The molecule has 0 bridgehead atoms. The van der Waals surface area contributed by atoms with Crippen molar-refractivity contribution in [1.29, 1.82) is 0 Å². The number of rotatable bonds is 5. The van der Waals surface area contributed by atoms with E-state index in [9.17, 15) is 4.39 Å². The fourth-order valence-corrected chi connectivity index (χ4v) is 2.27. The first-order valence-corrected chi connectivity index (χ1v) is 6.52. The number of nitrogens with zero attached hydrogens (tertiary/aromatic N) is 2. The molecular formula is C14H22FN3O. The van der Waals surface area contributed by atoms with Crippen molar-refractivity contribution in [2.75, 3.05) is 38.9 Å². The Kier molecular flexibility index (Phi) is 4.27. The molecule has 4 nitrogen and oxygen atoms in total. The number of nitrogens with two attached hydrogens (primary N) is 1. The minimum absolute atomic E-state index is 0.165. The van der Waals surface area contributed by atoms with Gasteiger partial charge in [0.15, 0.2) is 0 Å². The Morgan fingerprint density at radius 3 is 2.68 bits per heavy atom. The predicted molar refractivity (Wildman–Crippen MR) is 75.3 cm³/mol. The summed E-state index contributed by atoms with van der Waals surface area (Å²) >= 11 is 0. The van der Waals surface area contributed by atoms with Crippen molar-refractivity contribution in [3.05, 3.63) is 23.8 Å². The van der Waals surface area contributed by atoms with Crippen molar-refractivity contribution in [3.63, 3.8) is 0 Å². The van der Waals surface area contributed by atoms with Gasteiger partial charge in [-0.1, -0.05) is 6.07 Å². The summed E-state index contributed by atoms with van der Waals surface area (Å²) in [7, 11) is 4.16. The first kappa shape index (κ1) is 14.1. The Bertz CT molecular complexity index is 431. The smallest absolute Gasteiger partial charge is 0.228 e. The van der Waals surface area contributed by atoms with Crippen molar-refractivity contribution in [2.24, 2.45) is 5.73 Å². The van der Waals surface area contributed by atoms with E-state index < -0.39 is 6.86 Å². The summed E-state index contributed by atoms with van der Waals surface area (Å²) in [6.07, 6.45) is 0. The topological polar surface area (TPSA) is 41.7 Å². The molecule has 2 rings (SSSR count). The second-order valence-electron chi connectivity index (χ2n) is 5.29. The molecule has 0 aromatic heterocycles. The van der Waals surface area contributed by atoms with E-state index in [0.29, 0.717) is 11.8 Å². The van der Waals surface area contributed by atoms with E-state index in [1.54, 1.807) is 0 Å². The number of halogens is 1. The highest BCUT2D eigenvalue weighted by Gasteiger charge is 2.28. The van der Waals surface area contributed by atoms with Crippen molar-refractivity contribution < 1.29 is 9.13 Å². The van der Waals surface area contributed by atoms with Gasteiger partial charge in [-0.25, -0.2) is 4.39 Å². The zero-order valence-corrected chi connectivity index (χ0v) is 11.8. The van der Waals surface area contributed by atoms with Gasteiger partial charge in [-0.3, -0.25) is 0 Å². The maximum Gasteiger partial charge on any atom is 0.228 e. The number of hydrogen-bond donors (Lipinski definition) is 1. The molecule has 19 heavy (non-hydrogen) atoms. The van der Waals surface area contributed by atoms with E-state index in [-0.39, 0.29) is 6.04 Å². The van der Waals surface area contributed by atoms with Gasteiger partial charge in [-0.15, -0.1) is 0 Å². The summed E-state index contributed by atoms with van der Waals surface area (Å²) in [6.45, 7) is 3.01. The van der Waals surface area contributed by atoms with Gasteiger partial charge in [0.1, 0.15) is 5.75 Å². The number of ether oxygens (including phenoxy) is 1. The zero-order chi connectivity index (χ0) is 14.0. The van der Waals surface area contributed by atoms with Gasteiger partial charge in [0.25, 0.3) is 0 Å². The lowest BCUT2D eigenvalue weighted by atomic mass is 10.0. The summed E-state index contributed by atoms with van der Waals surface area (Å²) in [6, 6.07) is 6.24. The average molecular weight is 267 g/mol. The molecule has 0 saturated carbocycles. The number of benzene rings is 1. The summed E-state index contributed by atoms with van der Waals surface area (Å²) in [5.41, 5.74) is 7.76. The number of anilines is 1. The van der Waals surface area contributed by atoms with E-state index in [2.05, 4.69) is 23.9 Å². The highest BCUT2D eigenvalue weighted by molar-refractivity contribution is 5.56. The lowest BCUT2D eigenvalue weighted by molar-refractivity contribution is 0.189. The Balaban J connectivity index is 2.13. The molecule has 0 spiro atoms. The first-order chi connectivity index (χ1) is 9.02. The molecule has 0 amide bonds. The van der Waals surface area contributed by atoms with Gasteiger partial charge < -0.3 is 20.3 Å². The number of alkyl halides is 1. The predicted octanol–water partition coefficient (Wildman–Crippen LogP) is 1.76. The van der Waals surface area contributed by atoms with Gasteiger partial charge in [-0.2, -0.15) is 0 Å². The quantitative estimate of drug-likeness (QED) is 0.882. The monoisotopic (exact) mass is 267 g/mol. The Labute approximate surface area is 113 Å². The fraction of sp³-hybridized carbons (Fsp3) is 0.571. The van der Waals surface area contributed by atoms with Crippen molar-refractivity contribution >= 4 is 5.69 Å². The third-order valence-corrected chi connectivity index (χ3v) is 3.66. The van der Waals surface area contributed by atoms with Gasteiger partial charge in [0.2, 0.25) is 6.86 Å². The standard InChI is InChI=1S/C14H22FN3O/c1-10(16)13-5-4-11(6-14(13)19-9-15)18-7-12(8-18)17(2)3/h4-6,10,12H,7-9,16H2,1-3H3/t10-/m0/s1. The van der Waals surface area contributed by atoms with Gasteiger partial charge in [0, 0.05) is 42.5 Å². The van der Waals surface area contributed by atoms with Crippen molar-refractivity contribution in [2.45, 2.75) is 19.0 Å². The van der Waals surface area contributed by atoms with E-state index >= 15 is 0 Å². The van der Waals surface area contributed by atoms with Crippen LogP contribution in [-0.2, 0) is 0 Å². The van der Waals surface area contributed by atoms with Crippen molar-refractivity contribution in [1.82, 2.24) is 4.90 Å². The molecule has 1 aromatic rings. The number of likely N-dealkylation sites (N-methyl/N-ethyl adjacent to an activating group) is 1. The van der Waals surface area contributed by atoms with Gasteiger partial charge >= 0.3 is 0 Å². The lowest BCUT2D eigenvalue weighted by Gasteiger charge is -2.44. The minimum atomic E-state index is -0.830. The highest BCUT2D eigenvalue weighted by Crippen LogP contribution is 2.31. The van der Waals surface area contributed by atoms with Crippen LogP contribution in [0.1, 0.15) is 18.5 Å². The minimum Gasteiger partial charge on any atom is -0.463 e. The van der Waals surface area contributed by atoms with E-state index in [1.807, 2.05) is 25.1 Å². The van der Waals surface area contributed by atoms with E-state index in [4.69, 9.17) is 10.5 Å². The van der Waals surface area contributed by atoms with Crippen LogP contribution in [0.5, 0.6) is 5.75 Å². The molecule has 1 heterocycles. The maximum absolute atomic E-state index is 12.4. The van der Waals surface area contributed by atoms with Crippen LogP contribution in [0.15, 0.2) is 18.2 Å². The maximum atomic E-state index is 12.4. The third-order valence-electron chi connectivity index (χ3n) is 3.66. The van der Waals surface area contributed by atoms with Crippen LogP contribution in [0, 0.1) is 0 Å². The molecule has 1 fully saturated rings. The van der Waals surface area contributed by atoms with Gasteiger partial charge in [0.05, 0.1) is 0 Å². The Morgan fingerprint density at radius 2 is 2.16 bits per heavy atom. The normalized spacial score (nSPS) is 17.5. The van der Waals surface area contributed by atoms with E-state index in [0.717, 1.165) is 24.3 Å². The molecule has 0 aliphatic carbocycles. The summed E-state index contributed by atoms with van der Waals surface area (Å²) < 4.78 is 17.5. The van der Waals surface area contributed by atoms with Crippen LogP contribution >= 0.6 is 0 Å². The molecule has 0 radical (unpaired) electrons. The fourth-order valence-electron chi connectivity index (χ4n) is 2.27. The summed E-state index contributed by atoms with van der Waals surface area (Å²) in [5, 5.41) is 0. The average Bonchev–Trinajstić information content (AvgIpc) is 2.26. The third kappa shape index (κ3) is 2.98. The molecule has 5 heteroatoms. The number of hydrogen-bond acceptors (Lipinski definition) is 4. The molecule has 1 aliphatic heterocycles. The van der Waals surface area contributed by atoms with Crippen LogP contribution in [0.2, 0.25) is 0 Å². The highest BCUT2D eigenvalue weighted by atomic mass is 19.1. The molecule has 1 saturated heterocycles. The zero-order valence-electron chi connectivity index (χ0n) is 11.8. The summed E-state index contributed by atoms with van der Waals surface area (Å²) in [4.78, 5) is 4.46. The molecule has 0 unspecified atom stereocenters. The van der Waals surface area contributed by atoms with Crippen molar-refractivity contribution in [3.8, 4) is 5.75 Å². The van der Waals surface area contributed by atoms with Crippen LogP contribution in [0.3, 0.4) is 0 Å². The van der Waals surface area contributed by atoms with Crippen LogP contribution in [0.4, 0.5) is 10.1 Å². The molecule has 2 N–H and O–H groups in total. The molecule has 106 valence electrons. The van der Waals surface area contributed by atoms with Crippen LogP contribution in [0.25, 0.3) is 0 Å². The van der Waals surface area contributed by atoms with Crippen LogP contribution < -0.4 is 15.4 Å². The second-order valence-corrected chi connectivity index (χ2v) is 5.29. The molecule has 1 atom stereocenters. The largest absolute Gasteiger partial charge is 0.463 e. The van der Waals surface area contributed by atoms with Crippen LogP contribution in [-0.4, -0.2) is 45.0 Å².